The second kappa shape index (κ2) is 7.09. The fourth-order valence-electron chi connectivity index (χ4n) is 2.00. The van der Waals surface area contributed by atoms with Crippen LogP contribution in [0.2, 0.25) is 0 Å². The Balaban J connectivity index is 1.95. The van der Waals surface area contributed by atoms with Crippen LogP contribution in [0.3, 0.4) is 0 Å². The molecule has 2 aromatic carbocycles. The van der Waals surface area contributed by atoms with Crippen LogP contribution in [0, 0.1) is 13.8 Å². The first-order valence-electron chi connectivity index (χ1n) is 6.52. The standard InChI is InChI=1S/C16H16Br2N2O/c1-10-6-14(7-11(2)16(10)18)19-9-15(21)20-13-5-3-4-12(17)8-13/h3-8,19H,9H2,1-2H3,(H,20,21). The number of nitrogens with one attached hydrogen (secondary N) is 2. The van der Waals surface area contributed by atoms with Crippen LogP contribution in [0.5, 0.6) is 0 Å². The number of halogens is 2. The smallest absolute Gasteiger partial charge is 0.243 e. The SMILES string of the molecule is Cc1cc(NCC(=O)Nc2cccc(Br)c2)cc(C)c1Br. The van der Waals surface area contributed by atoms with Crippen molar-refractivity contribution in [2.45, 2.75) is 13.8 Å². The van der Waals surface area contributed by atoms with Gasteiger partial charge < -0.3 is 10.6 Å². The highest BCUT2D eigenvalue weighted by atomic mass is 79.9. The summed E-state index contributed by atoms with van der Waals surface area (Å²) in [6, 6.07) is 11.6. The lowest BCUT2D eigenvalue weighted by Gasteiger charge is -2.11. The minimum absolute atomic E-state index is 0.0775. The van der Waals surface area contributed by atoms with Gasteiger partial charge in [-0.2, -0.15) is 0 Å². The zero-order valence-corrected chi connectivity index (χ0v) is 15.0. The molecular weight excluding hydrogens is 396 g/mol. The van der Waals surface area contributed by atoms with Gasteiger partial charge >= 0.3 is 0 Å². The van der Waals surface area contributed by atoms with Gasteiger partial charge in [-0.25, -0.2) is 0 Å². The van der Waals surface area contributed by atoms with Gasteiger partial charge in [0.2, 0.25) is 5.91 Å². The molecule has 5 heteroatoms. The minimum atomic E-state index is -0.0775. The van der Waals surface area contributed by atoms with E-state index in [0.29, 0.717) is 0 Å². The van der Waals surface area contributed by atoms with E-state index in [1.807, 2.05) is 50.2 Å². The predicted molar refractivity (Wildman–Crippen MR) is 94.9 cm³/mol. The van der Waals surface area contributed by atoms with E-state index in [2.05, 4.69) is 42.5 Å². The summed E-state index contributed by atoms with van der Waals surface area (Å²) in [6.07, 6.45) is 0. The van der Waals surface area contributed by atoms with Crippen molar-refractivity contribution in [1.82, 2.24) is 0 Å². The molecule has 0 unspecified atom stereocenters. The van der Waals surface area contributed by atoms with Crippen LogP contribution in [0.15, 0.2) is 45.3 Å². The van der Waals surface area contributed by atoms with E-state index in [1.165, 1.54) is 0 Å². The van der Waals surface area contributed by atoms with E-state index < -0.39 is 0 Å². The van der Waals surface area contributed by atoms with Gasteiger partial charge in [0.1, 0.15) is 0 Å². The molecule has 2 aromatic rings. The summed E-state index contributed by atoms with van der Waals surface area (Å²) in [7, 11) is 0. The van der Waals surface area contributed by atoms with E-state index in [4.69, 9.17) is 0 Å². The molecule has 2 rings (SSSR count). The van der Waals surface area contributed by atoms with Crippen LogP contribution in [0.25, 0.3) is 0 Å². The summed E-state index contributed by atoms with van der Waals surface area (Å²) in [5.74, 6) is -0.0775. The number of hydrogen-bond donors (Lipinski definition) is 2. The maximum atomic E-state index is 11.9. The summed E-state index contributed by atoms with van der Waals surface area (Å²) in [6.45, 7) is 4.29. The Bertz CT molecular complexity index is 648. The summed E-state index contributed by atoms with van der Waals surface area (Å²) in [5, 5.41) is 6.00. The molecule has 21 heavy (non-hydrogen) atoms. The second-order valence-electron chi connectivity index (χ2n) is 4.84. The van der Waals surface area contributed by atoms with Crippen molar-refractivity contribution in [2.75, 3.05) is 17.2 Å². The normalized spacial score (nSPS) is 10.3. The van der Waals surface area contributed by atoms with Crippen LogP contribution in [-0.2, 0) is 4.79 Å². The maximum absolute atomic E-state index is 11.9. The molecule has 0 bridgehead atoms. The van der Waals surface area contributed by atoms with Crippen molar-refractivity contribution < 1.29 is 4.79 Å². The fraction of sp³-hybridized carbons (Fsp3) is 0.188. The third-order valence-electron chi connectivity index (χ3n) is 3.00. The number of aryl methyl sites for hydroxylation is 2. The zero-order chi connectivity index (χ0) is 15.4. The highest BCUT2D eigenvalue weighted by Gasteiger charge is 2.05. The first-order valence-corrected chi connectivity index (χ1v) is 8.10. The van der Waals surface area contributed by atoms with Gasteiger partial charge in [0.05, 0.1) is 6.54 Å². The lowest BCUT2D eigenvalue weighted by atomic mass is 10.1. The summed E-state index contributed by atoms with van der Waals surface area (Å²) < 4.78 is 2.04. The molecule has 0 saturated carbocycles. The van der Waals surface area contributed by atoms with Crippen LogP contribution < -0.4 is 10.6 Å². The number of anilines is 2. The average molecular weight is 412 g/mol. The molecule has 110 valence electrons. The summed E-state index contributed by atoms with van der Waals surface area (Å²) in [5.41, 5.74) is 4.01. The van der Waals surface area contributed by atoms with E-state index >= 15 is 0 Å². The lowest BCUT2D eigenvalue weighted by molar-refractivity contribution is -0.114. The van der Waals surface area contributed by atoms with Crippen molar-refractivity contribution in [1.29, 1.82) is 0 Å². The minimum Gasteiger partial charge on any atom is -0.376 e. The van der Waals surface area contributed by atoms with Crippen molar-refractivity contribution in [2.24, 2.45) is 0 Å². The van der Waals surface area contributed by atoms with E-state index in [9.17, 15) is 4.79 Å². The Hall–Kier alpha value is -1.33. The quantitative estimate of drug-likeness (QED) is 0.752. The molecular formula is C16H16Br2N2O. The number of rotatable bonds is 4. The molecule has 0 atom stereocenters. The first-order chi connectivity index (χ1) is 9.95. The number of carbonyl (C=O) groups excluding carboxylic acids is 1. The average Bonchev–Trinajstić information content (AvgIpc) is 2.42. The topological polar surface area (TPSA) is 41.1 Å². The van der Waals surface area contributed by atoms with Crippen molar-refractivity contribution in [3.05, 3.63) is 56.5 Å². The molecule has 3 nitrogen and oxygen atoms in total. The Morgan fingerprint density at radius 3 is 2.33 bits per heavy atom. The predicted octanol–water partition coefficient (Wildman–Crippen LogP) is 4.88. The van der Waals surface area contributed by atoms with E-state index in [0.717, 1.165) is 31.4 Å². The van der Waals surface area contributed by atoms with Crippen LogP contribution in [-0.4, -0.2) is 12.5 Å². The van der Waals surface area contributed by atoms with Crippen molar-refractivity contribution >= 4 is 49.1 Å². The highest BCUT2D eigenvalue weighted by molar-refractivity contribution is 9.10. The van der Waals surface area contributed by atoms with Crippen molar-refractivity contribution in [3.63, 3.8) is 0 Å². The Kier molecular flexibility index (Phi) is 5.42. The van der Waals surface area contributed by atoms with Gasteiger partial charge in [0.15, 0.2) is 0 Å². The van der Waals surface area contributed by atoms with Gasteiger partial charge in [-0.15, -0.1) is 0 Å². The van der Waals surface area contributed by atoms with Gasteiger partial charge in [0.25, 0.3) is 0 Å². The number of amides is 1. The Morgan fingerprint density at radius 1 is 1.05 bits per heavy atom. The molecule has 0 aromatic heterocycles. The van der Waals surface area contributed by atoms with Gasteiger partial charge in [-0.3, -0.25) is 4.79 Å². The number of carbonyl (C=O) groups is 1. The Labute approximate surface area is 141 Å². The number of hydrogen-bond acceptors (Lipinski definition) is 2. The van der Waals surface area contributed by atoms with Gasteiger partial charge in [-0.05, 0) is 55.3 Å². The molecule has 0 fully saturated rings. The third kappa shape index (κ3) is 4.58. The van der Waals surface area contributed by atoms with E-state index in [-0.39, 0.29) is 12.5 Å². The Morgan fingerprint density at radius 2 is 1.71 bits per heavy atom. The zero-order valence-electron chi connectivity index (χ0n) is 11.8. The van der Waals surface area contributed by atoms with Gasteiger partial charge in [0, 0.05) is 20.3 Å². The third-order valence-corrected chi connectivity index (χ3v) is 4.74. The number of benzene rings is 2. The molecule has 0 heterocycles. The van der Waals surface area contributed by atoms with Crippen LogP contribution in [0.4, 0.5) is 11.4 Å². The van der Waals surface area contributed by atoms with Crippen LogP contribution in [0.1, 0.15) is 11.1 Å². The van der Waals surface area contributed by atoms with E-state index in [1.54, 1.807) is 0 Å². The molecule has 0 aliphatic rings. The maximum Gasteiger partial charge on any atom is 0.243 e. The monoisotopic (exact) mass is 410 g/mol. The molecule has 0 saturated heterocycles. The van der Waals surface area contributed by atoms with Gasteiger partial charge in [-0.1, -0.05) is 37.9 Å². The molecule has 0 aliphatic carbocycles. The highest BCUT2D eigenvalue weighted by Crippen LogP contribution is 2.24. The molecule has 2 N–H and O–H groups in total. The summed E-state index contributed by atoms with van der Waals surface area (Å²) in [4.78, 5) is 11.9. The molecule has 1 amide bonds. The fourth-order valence-corrected chi connectivity index (χ4v) is 2.63. The molecule has 0 spiro atoms. The largest absolute Gasteiger partial charge is 0.376 e. The molecule has 0 radical (unpaired) electrons. The summed E-state index contributed by atoms with van der Waals surface area (Å²) >= 11 is 6.91. The second-order valence-corrected chi connectivity index (χ2v) is 6.54. The lowest BCUT2D eigenvalue weighted by Crippen LogP contribution is -2.21. The first kappa shape index (κ1) is 16.0. The van der Waals surface area contributed by atoms with Crippen LogP contribution >= 0.6 is 31.9 Å². The molecule has 0 aliphatic heterocycles. The van der Waals surface area contributed by atoms with Crippen molar-refractivity contribution in [3.8, 4) is 0 Å².